The minimum absolute atomic E-state index is 0.546. The van der Waals surface area contributed by atoms with E-state index in [0.29, 0.717) is 6.54 Å². The van der Waals surface area contributed by atoms with Crippen LogP contribution in [0.25, 0.3) is 5.13 Å². The van der Waals surface area contributed by atoms with Crippen LogP contribution in [0.5, 0.6) is 0 Å². The molecule has 0 aromatic carbocycles. The maximum absolute atomic E-state index is 5.53. The molecule has 2 rings (SSSR count). The van der Waals surface area contributed by atoms with Crippen molar-refractivity contribution in [3.63, 3.8) is 0 Å². The van der Waals surface area contributed by atoms with E-state index in [9.17, 15) is 0 Å². The molecular formula is C9H12N4S. The van der Waals surface area contributed by atoms with E-state index >= 15 is 0 Å². The highest BCUT2D eigenvalue weighted by Gasteiger charge is 2.07. The Bertz CT molecular complexity index is 443. The summed E-state index contributed by atoms with van der Waals surface area (Å²) in [6, 6.07) is 0. The van der Waals surface area contributed by atoms with Crippen LogP contribution in [0.1, 0.15) is 16.3 Å². The van der Waals surface area contributed by atoms with E-state index in [4.69, 9.17) is 5.73 Å². The Morgan fingerprint density at radius 3 is 2.71 bits per heavy atom. The summed E-state index contributed by atoms with van der Waals surface area (Å²) in [5, 5.41) is 0.934. The first-order valence-electron chi connectivity index (χ1n) is 4.38. The lowest BCUT2D eigenvalue weighted by molar-refractivity contribution is 0.980. The molecule has 0 saturated carbocycles. The van der Waals surface area contributed by atoms with Crippen molar-refractivity contribution in [3.05, 3.63) is 28.8 Å². The zero-order valence-electron chi connectivity index (χ0n) is 8.19. The van der Waals surface area contributed by atoms with Crippen LogP contribution in [-0.2, 0) is 6.54 Å². The Labute approximate surface area is 86.4 Å². The average molecular weight is 208 g/mol. The molecule has 0 radical (unpaired) electrons. The number of hydrogen-bond donors (Lipinski definition) is 1. The Hall–Kier alpha value is -1.20. The number of aryl methyl sites for hydroxylation is 1. The fraction of sp³-hybridized carbons (Fsp3) is 0.333. The van der Waals surface area contributed by atoms with E-state index in [0.717, 1.165) is 21.4 Å². The van der Waals surface area contributed by atoms with Crippen LogP contribution in [0.2, 0.25) is 0 Å². The molecule has 0 fully saturated rings. The zero-order valence-corrected chi connectivity index (χ0v) is 9.01. The molecule has 14 heavy (non-hydrogen) atoms. The monoisotopic (exact) mass is 208 g/mol. The first kappa shape index (κ1) is 9.36. The fourth-order valence-electron chi connectivity index (χ4n) is 1.19. The first-order valence-corrected chi connectivity index (χ1v) is 5.19. The molecule has 0 atom stereocenters. The molecule has 0 amide bonds. The van der Waals surface area contributed by atoms with Gasteiger partial charge in [0.2, 0.25) is 0 Å². The smallest absolute Gasteiger partial charge is 0.195 e. The van der Waals surface area contributed by atoms with Crippen molar-refractivity contribution in [3.8, 4) is 5.13 Å². The number of thiazole rings is 1. The molecule has 0 aliphatic rings. The summed E-state index contributed by atoms with van der Waals surface area (Å²) in [4.78, 5) is 9.61. The second-order valence-electron chi connectivity index (χ2n) is 3.10. The number of rotatable bonds is 2. The van der Waals surface area contributed by atoms with Gasteiger partial charge < -0.3 is 5.73 Å². The minimum atomic E-state index is 0.546. The molecule has 2 heterocycles. The van der Waals surface area contributed by atoms with Crippen LogP contribution >= 0.6 is 11.3 Å². The molecule has 0 spiro atoms. The number of aromatic nitrogens is 3. The van der Waals surface area contributed by atoms with Crippen molar-refractivity contribution in [2.75, 3.05) is 0 Å². The van der Waals surface area contributed by atoms with Crippen molar-refractivity contribution >= 4 is 11.3 Å². The quantitative estimate of drug-likeness (QED) is 0.811. The third-order valence-corrected chi connectivity index (χ3v) is 3.22. The van der Waals surface area contributed by atoms with E-state index in [1.54, 1.807) is 17.7 Å². The highest BCUT2D eigenvalue weighted by Crippen LogP contribution is 2.19. The standard InChI is InChI=1S/C9H12N4S/c1-6-7(2)13(5-12-6)9-11-4-8(3-10)14-9/h4-5H,3,10H2,1-2H3. The van der Waals surface area contributed by atoms with Gasteiger partial charge in [0.05, 0.1) is 5.69 Å². The predicted molar refractivity (Wildman–Crippen MR) is 56.6 cm³/mol. The summed E-state index contributed by atoms with van der Waals surface area (Å²) in [6.45, 7) is 4.57. The van der Waals surface area contributed by atoms with Gasteiger partial charge in [0.1, 0.15) is 6.33 Å². The molecule has 2 aromatic rings. The molecule has 0 bridgehead atoms. The number of imidazole rings is 1. The molecular weight excluding hydrogens is 196 g/mol. The molecule has 5 heteroatoms. The van der Waals surface area contributed by atoms with Gasteiger partial charge in [0, 0.05) is 23.3 Å². The van der Waals surface area contributed by atoms with Gasteiger partial charge in [0.15, 0.2) is 5.13 Å². The third kappa shape index (κ3) is 1.44. The van der Waals surface area contributed by atoms with Crippen molar-refractivity contribution in [2.45, 2.75) is 20.4 Å². The van der Waals surface area contributed by atoms with Crippen LogP contribution in [0, 0.1) is 13.8 Å². The van der Waals surface area contributed by atoms with Gasteiger partial charge in [-0.2, -0.15) is 0 Å². The molecule has 0 aliphatic carbocycles. The van der Waals surface area contributed by atoms with Crippen LogP contribution in [0.4, 0.5) is 0 Å². The largest absolute Gasteiger partial charge is 0.326 e. The van der Waals surface area contributed by atoms with Gasteiger partial charge in [0.25, 0.3) is 0 Å². The first-order chi connectivity index (χ1) is 6.72. The minimum Gasteiger partial charge on any atom is -0.326 e. The Balaban J connectivity index is 2.44. The summed E-state index contributed by atoms with van der Waals surface area (Å²) in [5.41, 5.74) is 7.69. The lowest BCUT2D eigenvalue weighted by atomic mass is 10.4. The van der Waals surface area contributed by atoms with Gasteiger partial charge >= 0.3 is 0 Å². The van der Waals surface area contributed by atoms with Crippen LogP contribution in [0.15, 0.2) is 12.5 Å². The van der Waals surface area contributed by atoms with Crippen LogP contribution in [0.3, 0.4) is 0 Å². The SMILES string of the molecule is Cc1ncn(-c2ncc(CN)s2)c1C. The molecule has 2 aromatic heterocycles. The highest BCUT2D eigenvalue weighted by molar-refractivity contribution is 7.14. The van der Waals surface area contributed by atoms with Crippen molar-refractivity contribution in [1.82, 2.24) is 14.5 Å². The lowest BCUT2D eigenvalue weighted by Gasteiger charge is -1.98. The maximum Gasteiger partial charge on any atom is 0.195 e. The Morgan fingerprint density at radius 2 is 2.21 bits per heavy atom. The highest BCUT2D eigenvalue weighted by atomic mass is 32.1. The molecule has 4 nitrogen and oxygen atoms in total. The summed E-state index contributed by atoms with van der Waals surface area (Å²) >= 11 is 1.60. The van der Waals surface area contributed by atoms with Crippen molar-refractivity contribution < 1.29 is 0 Å². The van der Waals surface area contributed by atoms with Gasteiger partial charge in [-0.1, -0.05) is 11.3 Å². The topological polar surface area (TPSA) is 56.7 Å². The average Bonchev–Trinajstić information content (AvgIpc) is 2.75. The van der Waals surface area contributed by atoms with Crippen LogP contribution < -0.4 is 5.73 Å². The summed E-state index contributed by atoms with van der Waals surface area (Å²) in [6.07, 6.45) is 3.61. The number of nitrogens with zero attached hydrogens (tertiary/aromatic N) is 3. The van der Waals surface area contributed by atoms with Gasteiger partial charge in [-0.05, 0) is 13.8 Å². The summed E-state index contributed by atoms with van der Waals surface area (Å²) < 4.78 is 1.99. The zero-order chi connectivity index (χ0) is 10.1. The third-order valence-electron chi connectivity index (χ3n) is 2.20. The predicted octanol–water partition coefficient (Wildman–Crippen LogP) is 1.40. The fourth-order valence-corrected chi connectivity index (χ4v) is 2.01. The Morgan fingerprint density at radius 1 is 1.43 bits per heavy atom. The van der Waals surface area contributed by atoms with Gasteiger partial charge in [-0.25, -0.2) is 9.97 Å². The van der Waals surface area contributed by atoms with E-state index in [2.05, 4.69) is 9.97 Å². The van der Waals surface area contributed by atoms with E-state index in [-0.39, 0.29) is 0 Å². The van der Waals surface area contributed by atoms with Crippen molar-refractivity contribution in [1.29, 1.82) is 0 Å². The summed E-state index contributed by atoms with van der Waals surface area (Å²) in [7, 11) is 0. The normalized spacial score (nSPS) is 10.8. The van der Waals surface area contributed by atoms with E-state index < -0.39 is 0 Å². The summed E-state index contributed by atoms with van der Waals surface area (Å²) in [5.74, 6) is 0. The molecule has 0 saturated heterocycles. The van der Waals surface area contributed by atoms with Crippen molar-refractivity contribution in [2.24, 2.45) is 5.73 Å². The number of nitrogens with two attached hydrogens (primary N) is 1. The Kier molecular flexibility index (Phi) is 2.35. The second-order valence-corrected chi connectivity index (χ2v) is 4.19. The molecule has 0 unspecified atom stereocenters. The molecule has 0 aliphatic heterocycles. The van der Waals surface area contributed by atoms with E-state index in [1.165, 1.54) is 0 Å². The lowest BCUT2D eigenvalue weighted by Crippen LogP contribution is -1.93. The van der Waals surface area contributed by atoms with E-state index in [1.807, 2.05) is 24.6 Å². The number of hydrogen-bond acceptors (Lipinski definition) is 4. The van der Waals surface area contributed by atoms with Gasteiger partial charge in [-0.3, -0.25) is 4.57 Å². The maximum atomic E-state index is 5.53. The molecule has 74 valence electrons. The second kappa shape index (κ2) is 3.51. The molecule has 2 N–H and O–H groups in total. The van der Waals surface area contributed by atoms with Gasteiger partial charge in [-0.15, -0.1) is 0 Å². The van der Waals surface area contributed by atoms with Crippen LogP contribution in [-0.4, -0.2) is 14.5 Å².